The number of carbonyl (C=O) groups excluding carboxylic acids is 1. The van der Waals surface area contributed by atoms with Crippen molar-refractivity contribution in [3.8, 4) is 5.75 Å². The lowest BCUT2D eigenvalue weighted by atomic mass is 9.79. The number of anilines is 2. The van der Waals surface area contributed by atoms with Crippen molar-refractivity contribution < 1.29 is 14.3 Å². The van der Waals surface area contributed by atoms with Crippen LogP contribution >= 0.6 is 0 Å². The molecule has 2 heterocycles. The minimum absolute atomic E-state index is 0.0756. The molecule has 3 atom stereocenters. The summed E-state index contributed by atoms with van der Waals surface area (Å²) in [5.74, 6) is 2.22. The summed E-state index contributed by atoms with van der Waals surface area (Å²) in [5.41, 5.74) is 5.95. The molecule has 1 amide bonds. The summed E-state index contributed by atoms with van der Waals surface area (Å²) in [6.45, 7) is 4.76. The van der Waals surface area contributed by atoms with Gasteiger partial charge in [0.1, 0.15) is 11.6 Å². The van der Waals surface area contributed by atoms with Crippen LogP contribution in [0.5, 0.6) is 5.75 Å². The number of hydrogen-bond acceptors (Lipinski definition) is 4. The molecule has 6 rings (SSSR count). The smallest absolute Gasteiger partial charge is 0.223 e. The molecule has 38 heavy (non-hydrogen) atoms. The Morgan fingerprint density at radius 1 is 1.11 bits per heavy atom. The van der Waals surface area contributed by atoms with Gasteiger partial charge >= 0.3 is 0 Å². The van der Waals surface area contributed by atoms with Crippen molar-refractivity contribution in [1.82, 2.24) is 5.32 Å². The van der Waals surface area contributed by atoms with Gasteiger partial charge in [-0.3, -0.25) is 4.79 Å². The molecule has 2 aliphatic heterocycles. The highest BCUT2D eigenvalue weighted by atomic mass is 19.1. The topological polar surface area (TPSA) is 64.6 Å². The number of hydrogen-bond donors (Lipinski definition) is 3. The highest BCUT2D eigenvalue weighted by Gasteiger charge is 2.41. The summed E-state index contributed by atoms with van der Waals surface area (Å²) in [6.07, 6.45) is 10.4. The summed E-state index contributed by atoms with van der Waals surface area (Å²) in [5, 5.41) is 17.4. The van der Waals surface area contributed by atoms with E-state index in [1.807, 2.05) is 6.07 Å². The van der Waals surface area contributed by atoms with Gasteiger partial charge in [0.25, 0.3) is 0 Å². The van der Waals surface area contributed by atoms with E-state index in [-0.39, 0.29) is 29.3 Å². The molecular formula is C32H40FN3O2. The fourth-order valence-electron chi connectivity index (χ4n) is 7.03. The van der Waals surface area contributed by atoms with Crippen molar-refractivity contribution in [2.45, 2.75) is 70.6 Å². The minimum atomic E-state index is -0.212. The van der Waals surface area contributed by atoms with E-state index in [2.05, 4.69) is 28.5 Å². The molecule has 3 N–H and O–H groups in total. The molecule has 3 fully saturated rings. The summed E-state index contributed by atoms with van der Waals surface area (Å²) in [4.78, 5) is 15.2. The first-order valence-corrected chi connectivity index (χ1v) is 14.7. The second kappa shape index (κ2) is 10.6. The lowest BCUT2D eigenvalue weighted by molar-refractivity contribution is -0.125. The van der Waals surface area contributed by atoms with Gasteiger partial charge in [0.15, 0.2) is 0 Å². The van der Waals surface area contributed by atoms with Gasteiger partial charge in [-0.05, 0) is 91.5 Å². The van der Waals surface area contributed by atoms with Crippen LogP contribution in [0, 0.1) is 23.6 Å². The number of allylic oxidation sites excluding steroid dienone is 1. The van der Waals surface area contributed by atoms with Crippen LogP contribution in [0.25, 0.3) is 5.70 Å². The Balaban J connectivity index is 1.04. The van der Waals surface area contributed by atoms with Crippen molar-refractivity contribution in [3.05, 3.63) is 58.9 Å². The lowest BCUT2D eigenvalue weighted by Crippen LogP contribution is -2.41. The van der Waals surface area contributed by atoms with E-state index >= 15 is 0 Å². The molecular weight excluding hydrogens is 477 g/mol. The van der Waals surface area contributed by atoms with Crippen LogP contribution in [0.4, 0.5) is 15.8 Å². The third-order valence-corrected chi connectivity index (χ3v) is 9.46. The van der Waals surface area contributed by atoms with Gasteiger partial charge in [0.05, 0.1) is 0 Å². The van der Waals surface area contributed by atoms with Crippen LogP contribution in [0.15, 0.2) is 42.0 Å². The molecule has 2 aliphatic carbocycles. The number of phenols is 1. The van der Waals surface area contributed by atoms with Gasteiger partial charge in [0.2, 0.25) is 5.91 Å². The van der Waals surface area contributed by atoms with Crippen LogP contribution in [0.3, 0.4) is 0 Å². The molecule has 6 heteroatoms. The van der Waals surface area contributed by atoms with Gasteiger partial charge in [-0.25, -0.2) is 4.39 Å². The van der Waals surface area contributed by atoms with Crippen LogP contribution in [-0.4, -0.2) is 30.6 Å². The number of nitrogens with zero attached hydrogens (tertiary/aromatic N) is 1. The van der Waals surface area contributed by atoms with E-state index in [1.165, 1.54) is 43.7 Å². The summed E-state index contributed by atoms with van der Waals surface area (Å²) < 4.78 is 13.8. The van der Waals surface area contributed by atoms with Gasteiger partial charge in [-0.2, -0.15) is 0 Å². The van der Waals surface area contributed by atoms with Gasteiger partial charge in [-0.1, -0.05) is 32.6 Å². The highest BCUT2D eigenvalue weighted by molar-refractivity contribution is 5.91. The lowest BCUT2D eigenvalue weighted by Gasteiger charge is -2.33. The number of aromatic hydroxyl groups is 1. The molecule has 2 aromatic carbocycles. The summed E-state index contributed by atoms with van der Waals surface area (Å²) in [6, 6.07) is 10.7. The predicted molar refractivity (Wildman–Crippen MR) is 151 cm³/mol. The number of rotatable bonds is 7. The second-order valence-corrected chi connectivity index (χ2v) is 11.9. The first-order valence-electron chi connectivity index (χ1n) is 14.7. The molecule has 1 saturated heterocycles. The van der Waals surface area contributed by atoms with Gasteiger partial charge < -0.3 is 20.6 Å². The fraction of sp³-hybridized carbons (Fsp3) is 0.531. The Hall–Kier alpha value is -3.02. The number of carbonyl (C=O) groups is 1. The number of amides is 1. The molecule has 0 bridgehead atoms. The second-order valence-electron chi connectivity index (χ2n) is 11.9. The molecule has 4 aliphatic rings. The highest BCUT2D eigenvalue weighted by Crippen LogP contribution is 2.57. The quantitative estimate of drug-likeness (QED) is 0.378. The van der Waals surface area contributed by atoms with Crippen molar-refractivity contribution in [1.29, 1.82) is 0 Å². The predicted octanol–water partition coefficient (Wildman–Crippen LogP) is 6.79. The van der Waals surface area contributed by atoms with Gasteiger partial charge in [0, 0.05) is 54.1 Å². The van der Waals surface area contributed by atoms with Crippen molar-refractivity contribution >= 4 is 23.0 Å². The molecule has 0 radical (unpaired) electrons. The number of piperidine rings is 1. The standard InChI is InChI=1S/C32H40FN3O2/c1-2-20-4-3-5-21(16-20)10-13-34-32(38)22-11-14-36(15-12-22)24-7-9-30(37)28(18-24)31-27-19-25(27)26-17-23(33)6-8-29(26)35-31/h6-9,17-18,20-22,25,35,37H,2-5,10-16,19H2,1H3,(H,34,38). The zero-order valence-electron chi connectivity index (χ0n) is 22.4. The molecule has 202 valence electrons. The summed E-state index contributed by atoms with van der Waals surface area (Å²) in [7, 11) is 0. The van der Waals surface area contributed by atoms with Crippen LogP contribution in [0.1, 0.15) is 81.8 Å². The molecule has 3 unspecified atom stereocenters. The van der Waals surface area contributed by atoms with E-state index < -0.39 is 0 Å². The normalized spacial score (nSPS) is 24.9. The Morgan fingerprint density at radius 2 is 1.92 bits per heavy atom. The Kier molecular flexibility index (Phi) is 7.07. The van der Waals surface area contributed by atoms with E-state index in [0.717, 1.165) is 85.4 Å². The Bertz CT molecular complexity index is 1230. The zero-order chi connectivity index (χ0) is 26.2. The molecule has 2 aromatic rings. The van der Waals surface area contributed by atoms with Gasteiger partial charge in [-0.15, -0.1) is 0 Å². The molecule has 5 nitrogen and oxygen atoms in total. The number of nitrogens with one attached hydrogen (secondary N) is 2. The largest absolute Gasteiger partial charge is 0.507 e. The maximum absolute atomic E-state index is 13.8. The van der Waals surface area contributed by atoms with E-state index in [1.54, 1.807) is 18.2 Å². The third kappa shape index (κ3) is 5.14. The first-order chi connectivity index (χ1) is 18.5. The number of benzene rings is 2. The minimum Gasteiger partial charge on any atom is -0.507 e. The monoisotopic (exact) mass is 517 g/mol. The third-order valence-electron chi connectivity index (χ3n) is 9.46. The SMILES string of the molecule is CCC1CCCC(CCNC(=O)C2CCN(c3ccc(O)c(C4=C5CC5c5cc(F)ccc5N4)c3)CC2)C1. The van der Waals surface area contributed by atoms with E-state index in [0.29, 0.717) is 0 Å². The Morgan fingerprint density at radius 3 is 2.74 bits per heavy atom. The van der Waals surface area contributed by atoms with Crippen LogP contribution < -0.4 is 15.5 Å². The molecule has 2 saturated carbocycles. The molecule has 0 aromatic heterocycles. The first kappa shape index (κ1) is 25.3. The van der Waals surface area contributed by atoms with Crippen LogP contribution in [0.2, 0.25) is 0 Å². The average molecular weight is 518 g/mol. The fourth-order valence-corrected chi connectivity index (χ4v) is 7.03. The summed E-state index contributed by atoms with van der Waals surface area (Å²) >= 11 is 0. The van der Waals surface area contributed by atoms with E-state index in [4.69, 9.17) is 0 Å². The zero-order valence-corrected chi connectivity index (χ0v) is 22.4. The van der Waals surface area contributed by atoms with Crippen molar-refractivity contribution in [3.63, 3.8) is 0 Å². The average Bonchev–Trinajstić information content (AvgIpc) is 3.75. The maximum atomic E-state index is 13.8. The number of fused-ring (bicyclic) bond motifs is 3. The van der Waals surface area contributed by atoms with E-state index in [9.17, 15) is 14.3 Å². The number of phenolic OH excluding ortho intramolecular Hbond substituents is 1. The molecule has 0 spiro atoms. The van der Waals surface area contributed by atoms with Crippen molar-refractivity contribution in [2.75, 3.05) is 29.9 Å². The maximum Gasteiger partial charge on any atom is 0.223 e. The van der Waals surface area contributed by atoms with Crippen molar-refractivity contribution in [2.24, 2.45) is 17.8 Å². The van der Waals surface area contributed by atoms with Crippen LogP contribution in [-0.2, 0) is 4.79 Å². The number of halogens is 1. The Labute approximate surface area is 225 Å².